The van der Waals surface area contributed by atoms with E-state index in [2.05, 4.69) is 24.4 Å². The molecule has 0 saturated heterocycles. The van der Waals surface area contributed by atoms with E-state index in [1.165, 1.54) is 0 Å². The van der Waals surface area contributed by atoms with Gasteiger partial charge in [0, 0.05) is 23.6 Å². The Labute approximate surface area is 192 Å². The van der Waals surface area contributed by atoms with Crippen LogP contribution < -0.4 is 10.1 Å². The van der Waals surface area contributed by atoms with Crippen LogP contribution in [0.4, 0.5) is 5.69 Å². The molecule has 0 fully saturated rings. The van der Waals surface area contributed by atoms with Crippen molar-refractivity contribution in [3.8, 4) is 17.0 Å². The number of imidazole rings is 1. The average Bonchev–Trinajstić information content (AvgIpc) is 3.23. The number of amides is 1. The molecule has 0 spiro atoms. The zero-order valence-electron chi connectivity index (χ0n) is 18.9. The highest BCUT2D eigenvalue weighted by Crippen LogP contribution is 2.31. The van der Waals surface area contributed by atoms with E-state index in [0.717, 1.165) is 44.5 Å². The van der Waals surface area contributed by atoms with Gasteiger partial charge in [-0.3, -0.25) is 4.79 Å². The minimum Gasteiger partial charge on any atom is -0.493 e. The molecule has 0 radical (unpaired) electrons. The lowest BCUT2D eigenvalue weighted by molar-refractivity contribution is 0.102. The van der Waals surface area contributed by atoms with E-state index in [9.17, 15) is 4.79 Å². The Bertz CT molecular complexity index is 1500. The zero-order valence-corrected chi connectivity index (χ0v) is 18.9. The number of aromatic nitrogens is 2. The maximum atomic E-state index is 13.5. The Morgan fingerprint density at radius 3 is 2.73 bits per heavy atom. The smallest absolute Gasteiger partial charge is 0.260 e. The van der Waals surface area contributed by atoms with E-state index in [0.29, 0.717) is 17.9 Å². The highest BCUT2D eigenvalue weighted by molar-refractivity contribution is 6.15. The third-order valence-electron chi connectivity index (χ3n) is 5.81. The number of benzene rings is 3. The van der Waals surface area contributed by atoms with E-state index in [4.69, 9.17) is 9.72 Å². The summed E-state index contributed by atoms with van der Waals surface area (Å²) in [6.45, 7) is 6.44. The van der Waals surface area contributed by atoms with Gasteiger partial charge in [-0.2, -0.15) is 0 Å². The van der Waals surface area contributed by atoms with Gasteiger partial charge in [0.2, 0.25) is 0 Å². The largest absolute Gasteiger partial charge is 0.493 e. The Hall–Kier alpha value is -4.12. The summed E-state index contributed by atoms with van der Waals surface area (Å²) in [7, 11) is 0. The highest BCUT2D eigenvalue weighted by Gasteiger charge is 2.18. The first kappa shape index (κ1) is 20.8. The molecule has 0 bridgehead atoms. The van der Waals surface area contributed by atoms with Gasteiger partial charge in [-0.1, -0.05) is 42.5 Å². The number of carbonyl (C=O) groups excluding carboxylic acids is 1. The minimum atomic E-state index is -0.193. The van der Waals surface area contributed by atoms with Gasteiger partial charge in [0.15, 0.2) is 0 Å². The molecule has 0 saturated carbocycles. The van der Waals surface area contributed by atoms with Gasteiger partial charge in [-0.05, 0) is 66.9 Å². The average molecular weight is 436 g/mol. The van der Waals surface area contributed by atoms with Crippen LogP contribution in [0, 0.1) is 13.8 Å². The summed E-state index contributed by atoms with van der Waals surface area (Å²) < 4.78 is 7.80. The van der Waals surface area contributed by atoms with E-state index in [1.54, 1.807) is 0 Å². The third kappa shape index (κ3) is 3.94. The van der Waals surface area contributed by atoms with Crippen molar-refractivity contribution in [1.82, 2.24) is 9.38 Å². The summed E-state index contributed by atoms with van der Waals surface area (Å²) in [6.07, 6.45) is 4.01. The van der Waals surface area contributed by atoms with E-state index < -0.39 is 0 Å². The first-order chi connectivity index (χ1) is 16.0. The number of nitrogens with one attached hydrogen (secondary N) is 1. The number of ether oxygens (including phenoxy) is 1. The molecule has 1 N–H and O–H groups in total. The highest BCUT2D eigenvalue weighted by atomic mass is 16.5. The number of carbonyl (C=O) groups is 1. The number of anilines is 1. The van der Waals surface area contributed by atoms with Crippen LogP contribution in [-0.2, 0) is 0 Å². The second-order valence-corrected chi connectivity index (χ2v) is 8.17. The standard InChI is InChI=1S/C28H25N3O2/c1-4-33-25-12-11-20-7-5-6-8-22(20)27(25)28(32)30-23-16-21(10-9-19(23)3)24-17-31-14-13-18(2)15-26(31)29-24/h5-17H,4H2,1-3H3,(H,30,32). The summed E-state index contributed by atoms with van der Waals surface area (Å²) in [5, 5.41) is 4.98. The molecule has 1 amide bonds. The number of fused-ring (bicyclic) bond motifs is 2. The van der Waals surface area contributed by atoms with Gasteiger partial charge in [-0.25, -0.2) is 4.98 Å². The number of nitrogens with zero attached hydrogens (tertiary/aromatic N) is 2. The quantitative estimate of drug-likeness (QED) is 0.346. The number of hydrogen-bond acceptors (Lipinski definition) is 3. The van der Waals surface area contributed by atoms with Crippen LogP contribution in [-0.4, -0.2) is 21.9 Å². The molecule has 0 aliphatic carbocycles. The molecule has 0 unspecified atom stereocenters. The molecule has 2 heterocycles. The van der Waals surface area contributed by atoms with E-state index in [-0.39, 0.29) is 5.91 Å². The molecule has 2 aromatic heterocycles. The lowest BCUT2D eigenvalue weighted by atomic mass is 10.0. The lowest BCUT2D eigenvalue weighted by Gasteiger charge is -2.15. The van der Waals surface area contributed by atoms with Crippen LogP contribution >= 0.6 is 0 Å². The summed E-state index contributed by atoms with van der Waals surface area (Å²) in [5.41, 5.74) is 6.13. The van der Waals surface area contributed by atoms with Crippen LogP contribution in [0.5, 0.6) is 5.75 Å². The summed E-state index contributed by atoms with van der Waals surface area (Å²) in [5.74, 6) is 0.388. The molecule has 0 aliphatic heterocycles. The van der Waals surface area contributed by atoms with Crippen molar-refractivity contribution >= 4 is 28.0 Å². The second-order valence-electron chi connectivity index (χ2n) is 8.17. The van der Waals surface area contributed by atoms with Crippen molar-refractivity contribution in [2.45, 2.75) is 20.8 Å². The number of pyridine rings is 1. The molecular weight excluding hydrogens is 410 g/mol. The van der Waals surface area contributed by atoms with Crippen molar-refractivity contribution in [1.29, 1.82) is 0 Å². The Morgan fingerprint density at radius 2 is 1.88 bits per heavy atom. The first-order valence-corrected chi connectivity index (χ1v) is 11.1. The van der Waals surface area contributed by atoms with Crippen molar-refractivity contribution in [3.05, 3.63) is 95.8 Å². The van der Waals surface area contributed by atoms with Crippen LogP contribution in [0.2, 0.25) is 0 Å². The van der Waals surface area contributed by atoms with Gasteiger partial charge < -0.3 is 14.5 Å². The monoisotopic (exact) mass is 435 g/mol. The van der Waals surface area contributed by atoms with Crippen LogP contribution in [0.1, 0.15) is 28.4 Å². The maximum Gasteiger partial charge on any atom is 0.260 e. The molecular formula is C28H25N3O2. The SMILES string of the molecule is CCOc1ccc2ccccc2c1C(=O)Nc1cc(-c2cn3ccc(C)cc3n2)ccc1C. The fourth-order valence-corrected chi connectivity index (χ4v) is 4.09. The molecule has 5 aromatic rings. The Morgan fingerprint density at radius 1 is 1.03 bits per heavy atom. The summed E-state index contributed by atoms with van der Waals surface area (Å²) in [6, 6.07) is 21.8. The van der Waals surface area contributed by atoms with E-state index in [1.807, 2.05) is 85.2 Å². The van der Waals surface area contributed by atoms with Crippen LogP contribution in [0.25, 0.3) is 27.7 Å². The normalized spacial score (nSPS) is 11.1. The van der Waals surface area contributed by atoms with Gasteiger partial charge >= 0.3 is 0 Å². The predicted octanol–water partition coefficient (Wildman–Crippen LogP) is 6.42. The molecule has 0 aliphatic rings. The van der Waals surface area contributed by atoms with Crippen molar-refractivity contribution < 1.29 is 9.53 Å². The van der Waals surface area contributed by atoms with Crippen molar-refractivity contribution in [3.63, 3.8) is 0 Å². The minimum absolute atomic E-state index is 0.193. The molecule has 5 rings (SSSR count). The molecule has 0 atom stereocenters. The van der Waals surface area contributed by atoms with Crippen molar-refractivity contribution in [2.24, 2.45) is 0 Å². The fraction of sp³-hybridized carbons (Fsp3) is 0.143. The Balaban J connectivity index is 1.53. The molecule has 5 nitrogen and oxygen atoms in total. The fourth-order valence-electron chi connectivity index (χ4n) is 4.09. The van der Waals surface area contributed by atoms with Gasteiger partial charge in [0.25, 0.3) is 5.91 Å². The van der Waals surface area contributed by atoms with Crippen molar-refractivity contribution in [2.75, 3.05) is 11.9 Å². The topological polar surface area (TPSA) is 55.6 Å². The molecule has 164 valence electrons. The second kappa shape index (κ2) is 8.43. The third-order valence-corrected chi connectivity index (χ3v) is 5.81. The first-order valence-electron chi connectivity index (χ1n) is 11.1. The summed E-state index contributed by atoms with van der Waals surface area (Å²) in [4.78, 5) is 18.3. The number of aryl methyl sites for hydroxylation is 2. The Kier molecular flexibility index (Phi) is 5.31. The lowest BCUT2D eigenvalue weighted by Crippen LogP contribution is -2.15. The molecule has 33 heavy (non-hydrogen) atoms. The van der Waals surface area contributed by atoms with Gasteiger partial charge in [0.1, 0.15) is 11.4 Å². The van der Waals surface area contributed by atoms with E-state index >= 15 is 0 Å². The zero-order chi connectivity index (χ0) is 22.9. The molecule has 3 aromatic carbocycles. The number of rotatable bonds is 5. The van der Waals surface area contributed by atoms with Crippen LogP contribution in [0.3, 0.4) is 0 Å². The summed E-state index contributed by atoms with van der Waals surface area (Å²) >= 11 is 0. The van der Waals surface area contributed by atoms with Gasteiger partial charge in [-0.15, -0.1) is 0 Å². The predicted molar refractivity (Wildman–Crippen MR) is 133 cm³/mol. The maximum absolute atomic E-state index is 13.5. The number of hydrogen-bond donors (Lipinski definition) is 1. The van der Waals surface area contributed by atoms with Crippen LogP contribution in [0.15, 0.2) is 79.1 Å². The van der Waals surface area contributed by atoms with Gasteiger partial charge in [0.05, 0.1) is 17.9 Å². The molecule has 5 heteroatoms.